The van der Waals surface area contributed by atoms with Crippen LogP contribution in [0, 0.1) is 6.92 Å². The molecule has 27 heavy (non-hydrogen) atoms. The van der Waals surface area contributed by atoms with Crippen LogP contribution in [-0.4, -0.2) is 42.4 Å². The van der Waals surface area contributed by atoms with Gasteiger partial charge in [-0.25, -0.2) is 0 Å². The van der Waals surface area contributed by atoms with Crippen molar-refractivity contribution in [3.8, 4) is 11.5 Å². The first-order valence-electron chi connectivity index (χ1n) is 9.26. The zero-order valence-corrected chi connectivity index (χ0v) is 15.7. The van der Waals surface area contributed by atoms with Gasteiger partial charge in [0, 0.05) is 37.6 Å². The van der Waals surface area contributed by atoms with Gasteiger partial charge in [0.2, 0.25) is 0 Å². The standard InChI is InChI=1S/C22H23NO4/c1-15-5-3-4-6-17(15)21(25)23-11-9-22(10-12-23)14-19(24)18-8-7-16(26-2)13-20(18)27-22/h3-8,13H,9-12,14H2,1-2H3. The van der Waals surface area contributed by atoms with Gasteiger partial charge in [-0.05, 0) is 30.7 Å². The van der Waals surface area contributed by atoms with Crippen LogP contribution in [0.4, 0.5) is 0 Å². The molecular weight excluding hydrogens is 342 g/mol. The smallest absolute Gasteiger partial charge is 0.254 e. The Kier molecular flexibility index (Phi) is 4.38. The van der Waals surface area contributed by atoms with Crippen LogP contribution in [-0.2, 0) is 0 Å². The monoisotopic (exact) mass is 365 g/mol. The van der Waals surface area contributed by atoms with Crippen molar-refractivity contribution >= 4 is 11.7 Å². The second-order valence-electron chi connectivity index (χ2n) is 7.35. The molecule has 1 saturated heterocycles. The maximum Gasteiger partial charge on any atom is 0.254 e. The Labute approximate surface area is 158 Å². The lowest BCUT2D eigenvalue weighted by atomic mass is 9.82. The zero-order valence-electron chi connectivity index (χ0n) is 15.7. The highest BCUT2D eigenvalue weighted by atomic mass is 16.5. The number of methoxy groups -OCH3 is 1. The van der Waals surface area contributed by atoms with Crippen molar-refractivity contribution in [2.24, 2.45) is 0 Å². The third-order valence-corrected chi connectivity index (χ3v) is 5.64. The van der Waals surface area contributed by atoms with Crippen LogP contribution in [0.1, 0.15) is 45.5 Å². The van der Waals surface area contributed by atoms with E-state index in [-0.39, 0.29) is 11.7 Å². The Balaban J connectivity index is 1.51. The summed E-state index contributed by atoms with van der Waals surface area (Å²) in [6.07, 6.45) is 1.65. The molecule has 0 aromatic heterocycles. The zero-order chi connectivity index (χ0) is 19.0. The van der Waals surface area contributed by atoms with Crippen LogP contribution in [0.25, 0.3) is 0 Å². The van der Waals surface area contributed by atoms with E-state index < -0.39 is 5.60 Å². The van der Waals surface area contributed by atoms with Crippen LogP contribution < -0.4 is 9.47 Å². The largest absolute Gasteiger partial charge is 0.497 e. The van der Waals surface area contributed by atoms with Gasteiger partial charge in [-0.1, -0.05) is 18.2 Å². The number of carbonyl (C=O) groups excluding carboxylic acids is 2. The van der Waals surface area contributed by atoms with E-state index in [9.17, 15) is 9.59 Å². The Bertz CT molecular complexity index is 897. The third-order valence-electron chi connectivity index (χ3n) is 5.64. The highest BCUT2D eigenvalue weighted by Crippen LogP contribution is 2.41. The molecule has 0 atom stereocenters. The average Bonchev–Trinajstić information content (AvgIpc) is 2.68. The van der Waals surface area contributed by atoms with Gasteiger partial charge >= 0.3 is 0 Å². The van der Waals surface area contributed by atoms with E-state index in [1.54, 1.807) is 25.3 Å². The molecule has 0 N–H and O–H groups in total. The minimum Gasteiger partial charge on any atom is -0.497 e. The van der Waals surface area contributed by atoms with Gasteiger partial charge in [0.05, 0.1) is 19.1 Å². The van der Waals surface area contributed by atoms with Crippen molar-refractivity contribution < 1.29 is 19.1 Å². The van der Waals surface area contributed by atoms with Crippen LogP contribution in [0.2, 0.25) is 0 Å². The molecule has 4 rings (SSSR count). The number of hydrogen-bond donors (Lipinski definition) is 0. The van der Waals surface area contributed by atoms with E-state index in [1.807, 2.05) is 36.1 Å². The van der Waals surface area contributed by atoms with Gasteiger partial charge in [-0.3, -0.25) is 9.59 Å². The summed E-state index contributed by atoms with van der Waals surface area (Å²) in [5, 5.41) is 0. The van der Waals surface area contributed by atoms with Gasteiger partial charge < -0.3 is 14.4 Å². The van der Waals surface area contributed by atoms with Gasteiger partial charge in [-0.15, -0.1) is 0 Å². The Hall–Kier alpha value is -2.82. The molecule has 2 aromatic rings. The van der Waals surface area contributed by atoms with E-state index in [4.69, 9.17) is 9.47 Å². The normalized spacial score (nSPS) is 18.0. The lowest BCUT2D eigenvalue weighted by Gasteiger charge is -2.44. The SMILES string of the molecule is COc1ccc2c(c1)OC1(CCN(C(=O)c3ccccc3C)CC1)CC2=O. The van der Waals surface area contributed by atoms with Crippen molar-refractivity contribution in [1.82, 2.24) is 4.90 Å². The van der Waals surface area contributed by atoms with Crippen LogP contribution in [0.3, 0.4) is 0 Å². The first-order chi connectivity index (χ1) is 13.0. The fraction of sp³-hybridized carbons (Fsp3) is 0.364. The second kappa shape index (κ2) is 6.72. The van der Waals surface area contributed by atoms with Gasteiger partial charge in [-0.2, -0.15) is 0 Å². The van der Waals surface area contributed by atoms with Crippen molar-refractivity contribution in [1.29, 1.82) is 0 Å². The Morgan fingerprint density at radius 3 is 2.59 bits per heavy atom. The van der Waals surface area contributed by atoms with Gasteiger partial charge in [0.25, 0.3) is 5.91 Å². The predicted molar refractivity (Wildman–Crippen MR) is 102 cm³/mol. The first kappa shape index (κ1) is 17.6. The second-order valence-corrected chi connectivity index (χ2v) is 7.35. The fourth-order valence-corrected chi connectivity index (χ4v) is 3.98. The summed E-state index contributed by atoms with van der Waals surface area (Å²) in [6.45, 7) is 3.12. The van der Waals surface area contributed by atoms with E-state index in [0.717, 1.165) is 11.1 Å². The number of aryl methyl sites for hydroxylation is 1. The number of rotatable bonds is 2. The topological polar surface area (TPSA) is 55.8 Å². The van der Waals surface area contributed by atoms with Crippen LogP contribution in [0.15, 0.2) is 42.5 Å². The maximum absolute atomic E-state index is 12.8. The van der Waals surface area contributed by atoms with E-state index in [0.29, 0.717) is 49.4 Å². The molecule has 1 amide bonds. The quantitative estimate of drug-likeness (QED) is 0.815. The number of ether oxygens (including phenoxy) is 2. The summed E-state index contributed by atoms with van der Waals surface area (Å²) in [7, 11) is 1.60. The number of nitrogens with zero attached hydrogens (tertiary/aromatic N) is 1. The number of fused-ring (bicyclic) bond motifs is 1. The molecule has 2 aliphatic heterocycles. The van der Waals surface area contributed by atoms with Crippen molar-refractivity contribution in [3.63, 3.8) is 0 Å². The fourth-order valence-electron chi connectivity index (χ4n) is 3.98. The van der Waals surface area contributed by atoms with Crippen molar-refractivity contribution in [3.05, 3.63) is 59.2 Å². The number of amides is 1. The van der Waals surface area contributed by atoms with E-state index >= 15 is 0 Å². The number of benzene rings is 2. The molecule has 2 aliphatic rings. The predicted octanol–water partition coefficient (Wildman–Crippen LogP) is 3.64. The first-order valence-corrected chi connectivity index (χ1v) is 9.26. The lowest BCUT2D eigenvalue weighted by Crippen LogP contribution is -2.52. The van der Waals surface area contributed by atoms with Crippen LogP contribution in [0.5, 0.6) is 11.5 Å². The summed E-state index contributed by atoms with van der Waals surface area (Å²) >= 11 is 0. The van der Waals surface area contributed by atoms with Gasteiger partial charge in [0.15, 0.2) is 5.78 Å². The molecule has 1 fully saturated rings. The number of hydrogen-bond acceptors (Lipinski definition) is 4. The van der Waals surface area contributed by atoms with Crippen molar-refractivity contribution in [2.75, 3.05) is 20.2 Å². The number of Topliss-reactive ketones (excluding diaryl/α,β-unsaturated/α-hetero) is 1. The molecule has 5 nitrogen and oxygen atoms in total. The molecule has 0 saturated carbocycles. The maximum atomic E-state index is 12.8. The van der Waals surface area contributed by atoms with Crippen LogP contribution >= 0.6 is 0 Å². The summed E-state index contributed by atoms with van der Waals surface area (Å²) < 4.78 is 11.5. The minimum atomic E-state index is -0.529. The number of likely N-dealkylation sites (tertiary alicyclic amines) is 1. The Morgan fingerprint density at radius 1 is 1.15 bits per heavy atom. The highest BCUT2D eigenvalue weighted by Gasteiger charge is 2.43. The number of ketones is 1. The molecule has 0 aliphatic carbocycles. The molecule has 0 bridgehead atoms. The summed E-state index contributed by atoms with van der Waals surface area (Å²) in [5.41, 5.74) is 1.80. The number of carbonyl (C=O) groups is 2. The molecule has 0 radical (unpaired) electrons. The molecular formula is C22H23NO4. The van der Waals surface area contributed by atoms with E-state index in [1.165, 1.54) is 0 Å². The van der Waals surface area contributed by atoms with E-state index in [2.05, 4.69) is 0 Å². The third kappa shape index (κ3) is 3.18. The van der Waals surface area contributed by atoms with Gasteiger partial charge in [0.1, 0.15) is 17.1 Å². The molecule has 5 heteroatoms. The lowest BCUT2D eigenvalue weighted by molar-refractivity contribution is -0.00582. The summed E-state index contributed by atoms with van der Waals surface area (Å²) in [5.74, 6) is 1.40. The molecule has 2 heterocycles. The summed E-state index contributed by atoms with van der Waals surface area (Å²) in [4.78, 5) is 27.3. The number of piperidine rings is 1. The van der Waals surface area contributed by atoms with Crippen molar-refractivity contribution in [2.45, 2.75) is 31.8 Å². The Morgan fingerprint density at radius 2 is 1.89 bits per heavy atom. The minimum absolute atomic E-state index is 0.0483. The highest BCUT2D eigenvalue weighted by molar-refractivity contribution is 6.00. The molecule has 2 aromatic carbocycles. The molecule has 1 spiro atoms. The molecule has 0 unspecified atom stereocenters. The summed E-state index contributed by atoms with van der Waals surface area (Å²) in [6, 6.07) is 13.0. The molecule has 140 valence electrons. The average molecular weight is 365 g/mol.